The Labute approximate surface area is 211 Å². The Morgan fingerprint density at radius 1 is 1.11 bits per heavy atom. The first-order chi connectivity index (χ1) is 17.1. The molecule has 7 nitrogen and oxygen atoms in total. The van der Waals surface area contributed by atoms with Crippen molar-refractivity contribution in [3.05, 3.63) is 59.8 Å². The second-order valence-electron chi connectivity index (χ2n) is 8.57. The number of amides is 1. The number of fused-ring (bicyclic) bond motifs is 3. The molecule has 1 amide bonds. The first-order valence-corrected chi connectivity index (χ1v) is 13.2. The van der Waals surface area contributed by atoms with Gasteiger partial charge < -0.3 is 20.3 Å². The van der Waals surface area contributed by atoms with Crippen molar-refractivity contribution >= 4 is 32.4 Å². The Hall–Kier alpha value is -2.78. The van der Waals surface area contributed by atoms with Crippen LogP contribution >= 0.6 is 11.3 Å². The second kappa shape index (κ2) is 12.3. The third-order valence-electron chi connectivity index (χ3n) is 6.25. The van der Waals surface area contributed by atoms with Gasteiger partial charge in [-0.15, -0.1) is 0 Å². The molecule has 0 saturated carbocycles. The van der Waals surface area contributed by atoms with Crippen molar-refractivity contribution in [2.75, 3.05) is 46.4 Å². The Kier molecular flexibility index (Phi) is 8.87. The van der Waals surface area contributed by atoms with Gasteiger partial charge in [-0.3, -0.25) is 9.20 Å². The van der Waals surface area contributed by atoms with Crippen molar-refractivity contribution < 1.29 is 9.53 Å². The second-order valence-corrected chi connectivity index (χ2v) is 9.58. The van der Waals surface area contributed by atoms with E-state index in [1.165, 1.54) is 5.56 Å². The third-order valence-corrected chi connectivity index (χ3v) is 7.27. The number of methoxy groups -OCH3 is 1. The summed E-state index contributed by atoms with van der Waals surface area (Å²) in [7, 11) is 1.71. The first kappa shape index (κ1) is 25.3. The molecule has 8 heteroatoms. The average molecular weight is 494 g/mol. The van der Waals surface area contributed by atoms with Gasteiger partial charge in [0.05, 0.1) is 22.5 Å². The summed E-state index contributed by atoms with van der Waals surface area (Å²) >= 11 is 1.61. The minimum Gasteiger partial charge on any atom is -0.383 e. The largest absolute Gasteiger partial charge is 0.383 e. The van der Waals surface area contributed by atoms with Gasteiger partial charge in [0.2, 0.25) is 0 Å². The monoisotopic (exact) mass is 493 g/mol. The minimum atomic E-state index is -0.0185. The fourth-order valence-electron chi connectivity index (χ4n) is 4.13. The maximum atomic E-state index is 12.6. The molecule has 4 aromatic rings. The highest BCUT2D eigenvalue weighted by molar-refractivity contribution is 7.23. The molecule has 0 aliphatic carbocycles. The zero-order valence-electron chi connectivity index (χ0n) is 20.8. The van der Waals surface area contributed by atoms with Crippen molar-refractivity contribution in [2.45, 2.75) is 26.8 Å². The molecule has 186 valence electrons. The number of rotatable bonds is 13. The van der Waals surface area contributed by atoms with Gasteiger partial charge >= 0.3 is 0 Å². The lowest BCUT2D eigenvalue weighted by Gasteiger charge is -2.17. The molecule has 0 bridgehead atoms. The van der Waals surface area contributed by atoms with Gasteiger partial charge in [0.25, 0.3) is 5.91 Å². The Morgan fingerprint density at radius 2 is 1.91 bits per heavy atom. The number of carbonyl (C=O) groups excluding carboxylic acids is 1. The van der Waals surface area contributed by atoms with Crippen LogP contribution in [0.5, 0.6) is 0 Å². The summed E-state index contributed by atoms with van der Waals surface area (Å²) < 4.78 is 8.24. The van der Waals surface area contributed by atoms with Crippen LogP contribution in [0.2, 0.25) is 0 Å². The molecule has 2 aromatic heterocycles. The number of nitrogens with zero attached hydrogens (tertiary/aromatic N) is 3. The van der Waals surface area contributed by atoms with Crippen molar-refractivity contribution in [3.63, 3.8) is 0 Å². The predicted molar refractivity (Wildman–Crippen MR) is 144 cm³/mol. The van der Waals surface area contributed by atoms with E-state index in [2.05, 4.69) is 64.2 Å². The molecule has 2 heterocycles. The van der Waals surface area contributed by atoms with Gasteiger partial charge in [-0.1, -0.05) is 49.4 Å². The number of benzene rings is 2. The summed E-state index contributed by atoms with van der Waals surface area (Å²) in [6.45, 7) is 10.5. The Bertz CT molecular complexity index is 1240. The lowest BCUT2D eigenvalue weighted by Crippen LogP contribution is -2.29. The van der Waals surface area contributed by atoms with E-state index in [4.69, 9.17) is 9.72 Å². The van der Waals surface area contributed by atoms with E-state index in [0.717, 1.165) is 65.6 Å². The van der Waals surface area contributed by atoms with Gasteiger partial charge in [0.1, 0.15) is 0 Å². The molecule has 2 N–H and O–H groups in total. The summed E-state index contributed by atoms with van der Waals surface area (Å²) in [5.74, 6) is -0.0185. The number of carbonyl (C=O) groups is 1. The van der Waals surface area contributed by atoms with Gasteiger partial charge in [-0.05, 0) is 49.8 Å². The molecular weight excluding hydrogens is 458 g/mol. The normalized spacial score (nSPS) is 11.7. The smallest absolute Gasteiger partial charge is 0.251 e. The predicted octanol–water partition coefficient (Wildman–Crippen LogP) is 4.41. The van der Waals surface area contributed by atoms with Crippen LogP contribution in [0.3, 0.4) is 0 Å². The minimum absolute atomic E-state index is 0.0185. The summed E-state index contributed by atoms with van der Waals surface area (Å²) in [4.78, 5) is 20.8. The quantitative estimate of drug-likeness (QED) is 0.270. The van der Waals surface area contributed by atoms with Crippen LogP contribution in [0.25, 0.3) is 26.4 Å². The van der Waals surface area contributed by atoms with Crippen LogP contribution in [-0.2, 0) is 11.3 Å². The molecule has 0 fully saturated rings. The molecule has 0 aliphatic heterocycles. The zero-order valence-corrected chi connectivity index (χ0v) is 21.7. The van der Waals surface area contributed by atoms with Crippen LogP contribution in [-0.4, -0.2) is 66.6 Å². The SMILES string of the molecule is CCN(CC)CCCNC(=O)c1ccc2c(c1)sc1nc(-c3ccc(CNCCOC)cc3)cn12. The topological polar surface area (TPSA) is 70.9 Å². The summed E-state index contributed by atoms with van der Waals surface area (Å²) in [5, 5.41) is 6.42. The number of aromatic nitrogens is 2. The molecule has 2 aromatic carbocycles. The van der Waals surface area contributed by atoms with E-state index >= 15 is 0 Å². The van der Waals surface area contributed by atoms with Crippen LogP contribution in [0, 0.1) is 0 Å². The average Bonchev–Trinajstić information content (AvgIpc) is 3.45. The highest BCUT2D eigenvalue weighted by Crippen LogP contribution is 2.30. The van der Waals surface area contributed by atoms with Crippen molar-refractivity contribution in [1.82, 2.24) is 24.9 Å². The van der Waals surface area contributed by atoms with E-state index in [1.807, 2.05) is 18.2 Å². The van der Waals surface area contributed by atoms with E-state index in [-0.39, 0.29) is 5.91 Å². The fourth-order valence-corrected chi connectivity index (χ4v) is 5.18. The van der Waals surface area contributed by atoms with Crippen LogP contribution < -0.4 is 10.6 Å². The van der Waals surface area contributed by atoms with Crippen LogP contribution in [0.15, 0.2) is 48.7 Å². The maximum Gasteiger partial charge on any atom is 0.251 e. The molecule has 0 unspecified atom stereocenters. The standard InChI is InChI=1S/C27H35N5O2S/c1-4-31(5-2)15-6-13-29-26(33)22-11-12-24-25(17-22)35-27-30-23(19-32(24)27)21-9-7-20(8-10-21)18-28-14-16-34-3/h7-12,17,19,28H,4-6,13-16,18H2,1-3H3,(H,29,33). The van der Waals surface area contributed by atoms with Gasteiger partial charge in [0, 0.05) is 44.1 Å². The van der Waals surface area contributed by atoms with Gasteiger partial charge in [0.15, 0.2) is 4.96 Å². The molecule has 35 heavy (non-hydrogen) atoms. The van der Waals surface area contributed by atoms with Crippen molar-refractivity contribution in [1.29, 1.82) is 0 Å². The van der Waals surface area contributed by atoms with E-state index in [1.54, 1.807) is 18.4 Å². The number of hydrogen-bond acceptors (Lipinski definition) is 6. The summed E-state index contributed by atoms with van der Waals surface area (Å²) in [6, 6.07) is 14.4. The number of hydrogen-bond donors (Lipinski definition) is 2. The maximum absolute atomic E-state index is 12.6. The highest BCUT2D eigenvalue weighted by atomic mass is 32.1. The third kappa shape index (κ3) is 6.27. The molecule has 0 atom stereocenters. The van der Waals surface area contributed by atoms with E-state index in [0.29, 0.717) is 18.7 Å². The zero-order chi connectivity index (χ0) is 24.6. The van der Waals surface area contributed by atoms with E-state index in [9.17, 15) is 4.79 Å². The van der Waals surface area contributed by atoms with Gasteiger partial charge in [-0.2, -0.15) is 0 Å². The lowest BCUT2D eigenvalue weighted by atomic mass is 10.1. The highest BCUT2D eigenvalue weighted by Gasteiger charge is 2.13. The summed E-state index contributed by atoms with van der Waals surface area (Å²) in [5.41, 5.74) is 5.04. The summed E-state index contributed by atoms with van der Waals surface area (Å²) in [6.07, 6.45) is 3.03. The molecule has 4 rings (SSSR count). The Balaban J connectivity index is 1.40. The molecule has 0 radical (unpaired) electrons. The molecular formula is C27H35N5O2S. The molecule has 0 saturated heterocycles. The number of thiazole rings is 1. The van der Waals surface area contributed by atoms with Gasteiger partial charge in [-0.25, -0.2) is 4.98 Å². The van der Waals surface area contributed by atoms with E-state index < -0.39 is 0 Å². The number of imidazole rings is 1. The molecule has 0 spiro atoms. The van der Waals surface area contributed by atoms with Crippen LogP contribution in [0.4, 0.5) is 0 Å². The van der Waals surface area contributed by atoms with Crippen LogP contribution in [0.1, 0.15) is 36.2 Å². The lowest BCUT2D eigenvalue weighted by molar-refractivity contribution is 0.0952. The number of ether oxygens (including phenoxy) is 1. The number of nitrogens with one attached hydrogen (secondary N) is 2. The fraction of sp³-hybridized carbons (Fsp3) is 0.407. The Morgan fingerprint density at radius 3 is 2.66 bits per heavy atom. The molecule has 0 aliphatic rings. The van der Waals surface area contributed by atoms with Crippen molar-refractivity contribution in [3.8, 4) is 11.3 Å². The first-order valence-electron chi connectivity index (χ1n) is 12.3. The van der Waals surface area contributed by atoms with Crippen molar-refractivity contribution in [2.24, 2.45) is 0 Å².